The van der Waals surface area contributed by atoms with Crippen molar-refractivity contribution >= 4 is 0 Å². The first kappa shape index (κ1) is 13.5. The highest BCUT2D eigenvalue weighted by atomic mass is 16.2. The number of hydrogen-bond donors (Lipinski definition) is 2. The van der Waals surface area contributed by atoms with E-state index in [0.717, 1.165) is 45.4 Å². The van der Waals surface area contributed by atoms with Gasteiger partial charge in [0.1, 0.15) is 0 Å². The van der Waals surface area contributed by atoms with E-state index in [9.17, 15) is 0 Å². The highest BCUT2D eigenvalue weighted by molar-refractivity contribution is 5.19. The number of nitrogens with one attached hydrogen (secondary N) is 1. The Morgan fingerprint density at radius 2 is 1.83 bits per heavy atom. The van der Waals surface area contributed by atoms with Gasteiger partial charge in [-0.3, -0.25) is 4.90 Å². The van der Waals surface area contributed by atoms with E-state index in [-0.39, 0.29) is 0 Å². The summed E-state index contributed by atoms with van der Waals surface area (Å²) >= 11 is 0. The first-order chi connectivity index (χ1) is 8.92. The van der Waals surface area contributed by atoms with E-state index >= 15 is 0 Å². The third-order valence-electron chi connectivity index (χ3n) is 3.66. The lowest BCUT2D eigenvalue weighted by Crippen LogP contribution is -2.45. The van der Waals surface area contributed by atoms with E-state index in [1.807, 2.05) is 0 Å². The number of benzene rings is 1. The molecular formula is C15H24N2O. The maximum absolute atomic E-state index is 8.94. The van der Waals surface area contributed by atoms with Gasteiger partial charge in [0.2, 0.25) is 0 Å². The molecule has 0 radical (unpaired) electrons. The monoisotopic (exact) mass is 248 g/mol. The SMILES string of the molecule is OCCCCC(c1ccccc1)N1CCNCC1. The van der Waals surface area contributed by atoms with Gasteiger partial charge in [-0.1, -0.05) is 30.3 Å². The molecule has 1 fully saturated rings. The van der Waals surface area contributed by atoms with E-state index < -0.39 is 0 Å². The molecule has 0 saturated carbocycles. The molecule has 1 aliphatic heterocycles. The van der Waals surface area contributed by atoms with Gasteiger partial charge in [-0.15, -0.1) is 0 Å². The Kier molecular flexibility index (Phi) is 5.65. The minimum absolute atomic E-state index is 0.309. The van der Waals surface area contributed by atoms with Crippen LogP contribution in [-0.4, -0.2) is 42.8 Å². The molecule has 1 atom stereocenters. The van der Waals surface area contributed by atoms with E-state index in [1.165, 1.54) is 5.56 Å². The molecule has 18 heavy (non-hydrogen) atoms. The zero-order chi connectivity index (χ0) is 12.6. The fraction of sp³-hybridized carbons (Fsp3) is 0.600. The minimum atomic E-state index is 0.309. The average Bonchev–Trinajstić information content (AvgIpc) is 2.46. The van der Waals surface area contributed by atoms with Gasteiger partial charge < -0.3 is 10.4 Å². The Morgan fingerprint density at radius 1 is 1.11 bits per heavy atom. The van der Waals surface area contributed by atoms with E-state index in [4.69, 9.17) is 5.11 Å². The molecule has 0 bridgehead atoms. The molecule has 1 aromatic carbocycles. The van der Waals surface area contributed by atoms with Crippen molar-refractivity contribution in [1.29, 1.82) is 0 Å². The molecule has 1 aromatic rings. The lowest BCUT2D eigenvalue weighted by molar-refractivity contribution is 0.160. The molecular weight excluding hydrogens is 224 g/mol. The number of hydrogen-bond acceptors (Lipinski definition) is 3. The number of aliphatic hydroxyl groups excluding tert-OH is 1. The lowest BCUT2D eigenvalue weighted by atomic mass is 9.99. The third kappa shape index (κ3) is 3.80. The zero-order valence-corrected chi connectivity index (χ0v) is 11.0. The largest absolute Gasteiger partial charge is 0.396 e. The second-order valence-electron chi connectivity index (χ2n) is 4.93. The summed E-state index contributed by atoms with van der Waals surface area (Å²) in [4.78, 5) is 2.57. The molecule has 3 nitrogen and oxygen atoms in total. The van der Waals surface area contributed by atoms with Gasteiger partial charge in [0, 0.05) is 38.8 Å². The summed E-state index contributed by atoms with van der Waals surface area (Å²) < 4.78 is 0. The van der Waals surface area contributed by atoms with Crippen molar-refractivity contribution in [2.24, 2.45) is 0 Å². The van der Waals surface area contributed by atoms with Crippen molar-refractivity contribution in [3.05, 3.63) is 35.9 Å². The molecule has 1 heterocycles. The highest BCUT2D eigenvalue weighted by Gasteiger charge is 2.21. The summed E-state index contributed by atoms with van der Waals surface area (Å²) in [7, 11) is 0. The van der Waals surface area contributed by atoms with Crippen molar-refractivity contribution in [3.8, 4) is 0 Å². The Balaban J connectivity index is 2.01. The zero-order valence-electron chi connectivity index (χ0n) is 11.0. The van der Waals surface area contributed by atoms with Gasteiger partial charge >= 0.3 is 0 Å². The smallest absolute Gasteiger partial charge is 0.0431 e. The first-order valence-electron chi connectivity index (χ1n) is 7.02. The maximum atomic E-state index is 8.94. The van der Waals surface area contributed by atoms with Crippen LogP contribution in [0.5, 0.6) is 0 Å². The normalized spacial score (nSPS) is 18.7. The summed E-state index contributed by atoms with van der Waals surface area (Å²) in [5.74, 6) is 0. The van der Waals surface area contributed by atoms with Gasteiger partial charge in [-0.25, -0.2) is 0 Å². The van der Waals surface area contributed by atoms with Crippen LogP contribution < -0.4 is 5.32 Å². The quantitative estimate of drug-likeness (QED) is 0.754. The average molecular weight is 248 g/mol. The van der Waals surface area contributed by atoms with Crippen LogP contribution in [0.2, 0.25) is 0 Å². The van der Waals surface area contributed by atoms with Gasteiger partial charge in [-0.2, -0.15) is 0 Å². The topological polar surface area (TPSA) is 35.5 Å². The van der Waals surface area contributed by atoms with Crippen LogP contribution in [0.1, 0.15) is 30.9 Å². The fourth-order valence-electron chi connectivity index (χ4n) is 2.68. The lowest BCUT2D eigenvalue weighted by Gasteiger charge is -2.35. The molecule has 1 unspecified atom stereocenters. The number of aliphatic hydroxyl groups is 1. The number of unbranched alkanes of at least 4 members (excludes halogenated alkanes) is 1. The summed E-state index contributed by atoms with van der Waals surface area (Å²) in [5, 5.41) is 12.3. The Hall–Kier alpha value is -0.900. The van der Waals surface area contributed by atoms with Crippen LogP contribution >= 0.6 is 0 Å². The third-order valence-corrected chi connectivity index (χ3v) is 3.66. The molecule has 2 rings (SSSR count). The van der Waals surface area contributed by atoms with Crippen molar-refractivity contribution in [2.45, 2.75) is 25.3 Å². The van der Waals surface area contributed by atoms with Crippen molar-refractivity contribution < 1.29 is 5.11 Å². The number of nitrogens with zero attached hydrogens (tertiary/aromatic N) is 1. The van der Waals surface area contributed by atoms with Crippen LogP contribution in [0.3, 0.4) is 0 Å². The van der Waals surface area contributed by atoms with Crippen molar-refractivity contribution in [3.63, 3.8) is 0 Å². The standard InChI is InChI=1S/C15H24N2O/c18-13-5-4-8-15(14-6-2-1-3-7-14)17-11-9-16-10-12-17/h1-3,6-7,15-16,18H,4-5,8-13H2. The van der Waals surface area contributed by atoms with Gasteiger partial charge in [-0.05, 0) is 24.8 Å². The van der Waals surface area contributed by atoms with Crippen LogP contribution in [0, 0.1) is 0 Å². The van der Waals surface area contributed by atoms with Crippen LogP contribution in [-0.2, 0) is 0 Å². The van der Waals surface area contributed by atoms with Gasteiger partial charge in [0.05, 0.1) is 0 Å². The summed E-state index contributed by atoms with van der Waals surface area (Å²) in [6, 6.07) is 11.3. The summed E-state index contributed by atoms with van der Waals surface area (Å²) in [5.41, 5.74) is 1.41. The summed E-state index contributed by atoms with van der Waals surface area (Å²) in [6.45, 7) is 4.73. The predicted molar refractivity (Wildman–Crippen MR) is 74.6 cm³/mol. The van der Waals surface area contributed by atoms with Gasteiger partial charge in [0.15, 0.2) is 0 Å². The molecule has 3 heteroatoms. The summed E-state index contributed by atoms with van der Waals surface area (Å²) in [6.07, 6.45) is 3.15. The van der Waals surface area contributed by atoms with Crippen molar-refractivity contribution in [2.75, 3.05) is 32.8 Å². The van der Waals surface area contributed by atoms with Crippen molar-refractivity contribution in [1.82, 2.24) is 10.2 Å². The number of rotatable bonds is 6. The molecule has 1 saturated heterocycles. The number of piperazine rings is 1. The molecule has 100 valence electrons. The van der Waals surface area contributed by atoms with Crippen LogP contribution in [0.15, 0.2) is 30.3 Å². The predicted octanol–water partition coefficient (Wildman–Crippen LogP) is 1.80. The Morgan fingerprint density at radius 3 is 2.50 bits per heavy atom. The van der Waals surface area contributed by atoms with Crippen LogP contribution in [0.25, 0.3) is 0 Å². The fourth-order valence-corrected chi connectivity index (χ4v) is 2.68. The molecule has 0 spiro atoms. The minimum Gasteiger partial charge on any atom is -0.396 e. The Labute approximate surface area is 110 Å². The molecule has 0 aromatic heterocycles. The van der Waals surface area contributed by atoms with E-state index in [0.29, 0.717) is 12.6 Å². The molecule has 0 amide bonds. The van der Waals surface area contributed by atoms with E-state index in [1.54, 1.807) is 0 Å². The second-order valence-corrected chi connectivity index (χ2v) is 4.93. The molecule has 1 aliphatic rings. The first-order valence-corrected chi connectivity index (χ1v) is 7.02. The van der Waals surface area contributed by atoms with Crippen LogP contribution in [0.4, 0.5) is 0 Å². The Bertz CT molecular complexity index is 323. The molecule has 0 aliphatic carbocycles. The van der Waals surface area contributed by atoms with Gasteiger partial charge in [0.25, 0.3) is 0 Å². The maximum Gasteiger partial charge on any atom is 0.0431 e. The molecule has 2 N–H and O–H groups in total. The highest BCUT2D eigenvalue weighted by Crippen LogP contribution is 2.26. The second kappa shape index (κ2) is 7.52. The van der Waals surface area contributed by atoms with E-state index in [2.05, 4.69) is 40.5 Å².